The van der Waals surface area contributed by atoms with E-state index in [1.165, 1.54) is 4.90 Å². The third kappa shape index (κ3) is 2.87. The molecular weight excluding hydrogens is 302 g/mol. The second-order valence-electron chi connectivity index (χ2n) is 5.34. The summed E-state index contributed by atoms with van der Waals surface area (Å²) in [6.45, 7) is 1.27. The average Bonchev–Trinajstić information content (AvgIpc) is 3.16. The maximum absolute atomic E-state index is 12.2. The molecule has 3 heterocycles. The van der Waals surface area contributed by atoms with Crippen LogP contribution in [0.2, 0.25) is 0 Å². The Bertz CT molecular complexity index is 615. The van der Waals surface area contributed by atoms with Crippen molar-refractivity contribution in [2.75, 3.05) is 27.3 Å². The largest absolute Gasteiger partial charge is 0.467 e. The van der Waals surface area contributed by atoms with Crippen LogP contribution >= 0.6 is 0 Å². The lowest BCUT2D eigenvalue weighted by molar-refractivity contribution is -0.127. The van der Waals surface area contributed by atoms with Gasteiger partial charge in [-0.15, -0.1) is 0 Å². The molecule has 2 fully saturated rings. The fourth-order valence-electron chi connectivity index (χ4n) is 2.71. The molecule has 1 aromatic heterocycles. The molecule has 0 bridgehead atoms. The molecule has 2 unspecified atom stereocenters. The van der Waals surface area contributed by atoms with Crippen molar-refractivity contribution >= 4 is 17.9 Å². The highest BCUT2D eigenvalue weighted by Gasteiger charge is 2.49. The van der Waals surface area contributed by atoms with E-state index in [0.717, 1.165) is 5.76 Å². The smallest absolute Gasteiger partial charge is 0.325 e. The Labute approximate surface area is 133 Å². The van der Waals surface area contributed by atoms with E-state index in [0.29, 0.717) is 25.7 Å². The molecule has 9 nitrogen and oxygen atoms in total. The summed E-state index contributed by atoms with van der Waals surface area (Å²) in [6, 6.07) is 2.65. The van der Waals surface area contributed by atoms with Gasteiger partial charge in [0.05, 0.1) is 12.9 Å². The number of nitrogens with one attached hydrogen (secondary N) is 2. The van der Waals surface area contributed by atoms with E-state index >= 15 is 0 Å². The molecule has 2 aliphatic rings. The summed E-state index contributed by atoms with van der Waals surface area (Å²) >= 11 is 0. The number of guanidine groups is 1. The number of carbonyl (C=O) groups excluding carboxylic acids is 2. The number of ether oxygens (including phenoxy) is 1. The summed E-state index contributed by atoms with van der Waals surface area (Å²) in [5.74, 6) is 0.921. The Morgan fingerprint density at radius 3 is 2.96 bits per heavy atom. The van der Waals surface area contributed by atoms with E-state index in [4.69, 9.17) is 9.15 Å². The zero-order valence-electron chi connectivity index (χ0n) is 13.0. The Hall–Kier alpha value is -2.55. The van der Waals surface area contributed by atoms with Crippen molar-refractivity contribution in [1.29, 1.82) is 0 Å². The number of hydrogen-bond acceptors (Lipinski definition) is 5. The van der Waals surface area contributed by atoms with Gasteiger partial charge in [0, 0.05) is 20.7 Å². The van der Waals surface area contributed by atoms with Crippen LogP contribution in [0.25, 0.3) is 0 Å². The SMILES string of the molecule is COCCN1C(=NCc2ccco2)NC2C1C(=O)NC(=O)N2C. The fraction of sp³-hybridized carbons (Fsp3) is 0.500. The van der Waals surface area contributed by atoms with Crippen LogP contribution in [0.5, 0.6) is 0 Å². The summed E-state index contributed by atoms with van der Waals surface area (Å²) in [5.41, 5.74) is 0. The van der Waals surface area contributed by atoms with Crippen molar-refractivity contribution in [3.05, 3.63) is 24.2 Å². The van der Waals surface area contributed by atoms with Crippen LogP contribution in [0.4, 0.5) is 4.79 Å². The van der Waals surface area contributed by atoms with Gasteiger partial charge < -0.3 is 24.3 Å². The Balaban J connectivity index is 1.84. The van der Waals surface area contributed by atoms with Gasteiger partial charge in [-0.1, -0.05) is 0 Å². The molecule has 0 aromatic carbocycles. The van der Waals surface area contributed by atoms with Crippen molar-refractivity contribution in [3.8, 4) is 0 Å². The number of hydrogen-bond donors (Lipinski definition) is 2. The van der Waals surface area contributed by atoms with Crippen molar-refractivity contribution < 1.29 is 18.7 Å². The van der Waals surface area contributed by atoms with E-state index in [-0.39, 0.29) is 5.91 Å². The number of rotatable bonds is 5. The average molecular weight is 321 g/mol. The second kappa shape index (κ2) is 6.29. The number of fused-ring (bicyclic) bond motifs is 1. The zero-order chi connectivity index (χ0) is 16.4. The van der Waals surface area contributed by atoms with Gasteiger partial charge in [-0.25, -0.2) is 9.79 Å². The predicted octanol–water partition coefficient (Wildman–Crippen LogP) is -0.436. The van der Waals surface area contributed by atoms with Crippen LogP contribution in [-0.4, -0.2) is 67.2 Å². The van der Waals surface area contributed by atoms with Crippen molar-refractivity contribution in [2.24, 2.45) is 4.99 Å². The fourth-order valence-corrected chi connectivity index (χ4v) is 2.71. The first-order valence-electron chi connectivity index (χ1n) is 7.28. The number of carbonyl (C=O) groups is 2. The van der Waals surface area contributed by atoms with E-state index < -0.39 is 18.2 Å². The Morgan fingerprint density at radius 2 is 2.26 bits per heavy atom. The molecule has 23 heavy (non-hydrogen) atoms. The molecule has 3 amide bonds. The summed E-state index contributed by atoms with van der Waals surface area (Å²) in [5, 5.41) is 5.50. The number of imide groups is 1. The van der Waals surface area contributed by atoms with Crippen molar-refractivity contribution in [1.82, 2.24) is 20.4 Å². The van der Waals surface area contributed by atoms with E-state index in [9.17, 15) is 9.59 Å². The highest BCUT2D eigenvalue weighted by Crippen LogP contribution is 2.20. The van der Waals surface area contributed by atoms with Crippen LogP contribution < -0.4 is 10.6 Å². The summed E-state index contributed by atoms with van der Waals surface area (Å²) in [7, 11) is 3.23. The molecule has 0 aliphatic carbocycles. The summed E-state index contributed by atoms with van der Waals surface area (Å²) in [4.78, 5) is 31.8. The van der Waals surface area contributed by atoms with E-state index in [1.54, 1.807) is 26.5 Å². The molecular formula is C14H19N5O4. The van der Waals surface area contributed by atoms with Crippen LogP contribution in [0.3, 0.4) is 0 Å². The van der Waals surface area contributed by atoms with Gasteiger partial charge in [0.25, 0.3) is 5.91 Å². The molecule has 1 aromatic rings. The van der Waals surface area contributed by atoms with Gasteiger partial charge in [0.15, 0.2) is 12.0 Å². The minimum absolute atomic E-state index is 0.343. The molecule has 2 N–H and O–H groups in total. The number of likely N-dealkylation sites (N-methyl/N-ethyl adjacent to an activating group) is 1. The number of furan rings is 1. The zero-order valence-corrected chi connectivity index (χ0v) is 13.0. The number of nitrogens with zero attached hydrogens (tertiary/aromatic N) is 3. The molecule has 2 atom stereocenters. The van der Waals surface area contributed by atoms with Gasteiger partial charge >= 0.3 is 6.03 Å². The first-order chi connectivity index (χ1) is 11.1. The lowest BCUT2D eigenvalue weighted by Gasteiger charge is -2.35. The van der Waals surface area contributed by atoms with Crippen LogP contribution in [0.1, 0.15) is 5.76 Å². The first kappa shape index (κ1) is 15.3. The minimum Gasteiger partial charge on any atom is -0.467 e. The molecule has 0 radical (unpaired) electrons. The lowest BCUT2D eigenvalue weighted by Crippen LogP contribution is -2.65. The Morgan fingerprint density at radius 1 is 1.43 bits per heavy atom. The van der Waals surface area contributed by atoms with Gasteiger partial charge in [-0.2, -0.15) is 0 Å². The normalized spacial score (nSPS) is 25.6. The third-order valence-corrected chi connectivity index (χ3v) is 3.92. The predicted molar refractivity (Wildman–Crippen MR) is 80.4 cm³/mol. The van der Waals surface area contributed by atoms with Crippen LogP contribution in [0.15, 0.2) is 27.8 Å². The molecule has 0 spiro atoms. The first-order valence-corrected chi connectivity index (χ1v) is 7.28. The summed E-state index contributed by atoms with van der Waals surface area (Å²) in [6.07, 6.45) is 1.13. The number of urea groups is 1. The maximum Gasteiger partial charge on any atom is 0.325 e. The highest BCUT2D eigenvalue weighted by atomic mass is 16.5. The minimum atomic E-state index is -0.539. The van der Waals surface area contributed by atoms with E-state index in [2.05, 4.69) is 15.6 Å². The van der Waals surface area contributed by atoms with Crippen molar-refractivity contribution in [3.63, 3.8) is 0 Å². The number of methoxy groups -OCH3 is 1. The van der Waals surface area contributed by atoms with Gasteiger partial charge in [-0.3, -0.25) is 10.1 Å². The molecule has 124 valence electrons. The molecule has 3 rings (SSSR count). The molecule has 2 aliphatic heterocycles. The monoisotopic (exact) mass is 321 g/mol. The van der Waals surface area contributed by atoms with Gasteiger partial charge in [0.2, 0.25) is 0 Å². The molecule has 2 saturated heterocycles. The van der Waals surface area contributed by atoms with Crippen LogP contribution in [0, 0.1) is 0 Å². The molecule has 9 heteroatoms. The highest BCUT2D eigenvalue weighted by molar-refractivity contribution is 6.04. The topological polar surface area (TPSA) is 99.4 Å². The standard InChI is InChI=1S/C14H19N5O4/c1-18-11-10(12(20)17-14(18)21)19(5-7-22-2)13(16-11)15-8-9-4-3-6-23-9/h3-4,6,10-11H,5,7-8H2,1-2H3,(H,15,16)(H,17,20,21). The van der Waals surface area contributed by atoms with Gasteiger partial charge in [0.1, 0.15) is 18.5 Å². The summed E-state index contributed by atoms with van der Waals surface area (Å²) < 4.78 is 10.4. The van der Waals surface area contributed by atoms with Crippen molar-refractivity contribution in [2.45, 2.75) is 18.8 Å². The Kier molecular flexibility index (Phi) is 4.20. The third-order valence-electron chi connectivity index (χ3n) is 3.92. The number of amides is 3. The lowest BCUT2D eigenvalue weighted by atomic mass is 10.1. The molecule has 0 saturated carbocycles. The van der Waals surface area contributed by atoms with Gasteiger partial charge in [-0.05, 0) is 12.1 Å². The van der Waals surface area contributed by atoms with Crippen LogP contribution in [-0.2, 0) is 16.1 Å². The van der Waals surface area contributed by atoms with E-state index in [1.807, 2.05) is 11.0 Å². The number of aliphatic imine (C=N–C) groups is 1. The quantitative estimate of drug-likeness (QED) is 0.763. The maximum atomic E-state index is 12.2. The second-order valence-corrected chi connectivity index (χ2v) is 5.34.